The van der Waals surface area contributed by atoms with Crippen LogP contribution < -0.4 is 0 Å². The van der Waals surface area contributed by atoms with E-state index >= 15 is 0 Å². The smallest absolute Gasteiger partial charge is 0.123 e. The predicted octanol–water partition coefficient (Wildman–Crippen LogP) is 3.21. The summed E-state index contributed by atoms with van der Waals surface area (Å²) < 4.78 is 19.0. The van der Waals surface area contributed by atoms with Gasteiger partial charge in [0.1, 0.15) is 5.82 Å². The minimum atomic E-state index is -0.568. The first-order chi connectivity index (χ1) is 8.69. The highest BCUT2D eigenvalue weighted by Gasteiger charge is 2.44. The Hall–Kier alpha value is -0.930. The molecule has 0 amide bonds. The molecule has 3 heteroatoms. The molecular formula is C15H19FO2. The maximum atomic E-state index is 13.2. The van der Waals surface area contributed by atoms with E-state index in [4.69, 9.17) is 4.74 Å². The molecule has 0 radical (unpaired) electrons. The van der Waals surface area contributed by atoms with Crippen LogP contribution in [0.2, 0.25) is 0 Å². The molecule has 98 valence electrons. The van der Waals surface area contributed by atoms with Gasteiger partial charge in [0.15, 0.2) is 0 Å². The summed E-state index contributed by atoms with van der Waals surface area (Å²) >= 11 is 0. The van der Waals surface area contributed by atoms with E-state index in [2.05, 4.69) is 0 Å². The SMILES string of the molecule is OC(c1cccc(F)c1)C1CCOC2(CCC2)C1. The molecule has 18 heavy (non-hydrogen) atoms. The van der Waals surface area contributed by atoms with Crippen molar-refractivity contribution >= 4 is 0 Å². The zero-order chi connectivity index (χ0) is 12.6. The van der Waals surface area contributed by atoms with E-state index < -0.39 is 6.10 Å². The zero-order valence-electron chi connectivity index (χ0n) is 10.4. The summed E-state index contributed by atoms with van der Waals surface area (Å²) in [6.07, 6.45) is 4.65. The van der Waals surface area contributed by atoms with Crippen molar-refractivity contribution in [2.24, 2.45) is 5.92 Å². The van der Waals surface area contributed by atoms with E-state index in [-0.39, 0.29) is 17.3 Å². The van der Waals surface area contributed by atoms with E-state index in [1.165, 1.54) is 18.6 Å². The molecule has 0 aromatic heterocycles. The van der Waals surface area contributed by atoms with Crippen LogP contribution in [0.4, 0.5) is 4.39 Å². The van der Waals surface area contributed by atoms with Gasteiger partial charge in [0, 0.05) is 6.61 Å². The molecule has 1 saturated carbocycles. The van der Waals surface area contributed by atoms with E-state index in [0.717, 1.165) is 32.3 Å². The lowest BCUT2D eigenvalue weighted by molar-refractivity contribution is -0.157. The van der Waals surface area contributed by atoms with Crippen LogP contribution in [0.15, 0.2) is 24.3 Å². The molecule has 2 nitrogen and oxygen atoms in total. The average molecular weight is 250 g/mol. The van der Waals surface area contributed by atoms with Gasteiger partial charge in [-0.3, -0.25) is 0 Å². The van der Waals surface area contributed by atoms with Crippen LogP contribution in [0, 0.1) is 11.7 Å². The number of aliphatic hydroxyl groups is 1. The van der Waals surface area contributed by atoms with Crippen LogP contribution >= 0.6 is 0 Å². The van der Waals surface area contributed by atoms with Crippen molar-refractivity contribution in [3.05, 3.63) is 35.6 Å². The first-order valence-electron chi connectivity index (χ1n) is 6.76. The van der Waals surface area contributed by atoms with Gasteiger partial charge in [-0.15, -0.1) is 0 Å². The summed E-state index contributed by atoms with van der Waals surface area (Å²) in [4.78, 5) is 0. The van der Waals surface area contributed by atoms with Crippen molar-refractivity contribution in [2.45, 2.75) is 43.8 Å². The van der Waals surface area contributed by atoms with Gasteiger partial charge >= 0.3 is 0 Å². The Balaban J connectivity index is 1.73. The van der Waals surface area contributed by atoms with Crippen LogP contribution in [0.5, 0.6) is 0 Å². The van der Waals surface area contributed by atoms with Gasteiger partial charge in [0.25, 0.3) is 0 Å². The summed E-state index contributed by atoms with van der Waals surface area (Å²) in [5, 5.41) is 10.4. The van der Waals surface area contributed by atoms with E-state index in [9.17, 15) is 9.50 Å². The number of benzene rings is 1. The maximum Gasteiger partial charge on any atom is 0.123 e. The first-order valence-corrected chi connectivity index (χ1v) is 6.76. The van der Waals surface area contributed by atoms with Gasteiger partial charge in [0.05, 0.1) is 11.7 Å². The fraction of sp³-hybridized carbons (Fsp3) is 0.600. The Morgan fingerprint density at radius 3 is 2.89 bits per heavy atom. The fourth-order valence-electron chi connectivity index (χ4n) is 3.22. The Morgan fingerprint density at radius 1 is 1.39 bits per heavy atom. The lowest BCUT2D eigenvalue weighted by Crippen LogP contribution is -2.46. The third-order valence-corrected chi connectivity index (χ3v) is 4.43. The first kappa shape index (κ1) is 12.1. The van der Waals surface area contributed by atoms with E-state index in [1.54, 1.807) is 12.1 Å². The molecule has 1 aromatic rings. The molecule has 1 saturated heterocycles. The summed E-state index contributed by atoms with van der Waals surface area (Å²) in [6, 6.07) is 6.31. The number of aliphatic hydroxyl groups excluding tert-OH is 1. The normalized spacial score (nSPS) is 27.8. The lowest BCUT2D eigenvalue weighted by Gasteiger charge is -2.48. The molecule has 1 heterocycles. The zero-order valence-corrected chi connectivity index (χ0v) is 10.4. The topological polar surface area (TPSA) is 29.5 Å². The molecule has 0 bridgehead atoms. The highest BCUT2D eigenvalue weighted by atomic mass is 19.1. The van der Waals surface area contributed by atoms with Crippen molar-refractivity contribution in [1.82, 2.24) is 0 Å². The molecule has 1 spiro atoms. The van der Waals surface area contributed by atoms with Crippen molar-refractivity contribution < 1.29 is 14.2 Å². The highest BCUT2D eigenvalue weighted by Crippen LogP contribution is 2.47. The predicted molar refractivity (Wildman–Crippen MR) is 66.6 cm³/mol. The molecule has 2 fully saturated rings. The lowest BCUT2D eigenvalue weighted by atomic mass is 9.70. The molecule has 1 aromatic carbocycles. The van der Waals surface area contributed by atoms with Gasteiger partial charge in [-0.25, -0.2) is 4.39 Å². The second kappa shape index (κ2) is 4.63. The van der Waals surface area contributed by atoms with Crippen LogP contribution in [-0.2, 0) is 4.74 Å². The summed E-state index contributed by atoms with van der Waals surface area (Å²) in [5.41, 5.74) is 0.716. The Kier molecular flexibility index (Phi) is 3.12. The molecular weight excluding hydrogens is 231 g/mol. The molecule has 2 atom stereocenters. The van der Waals surface area contributed by atoms with Crippen LogP contribution in [0.25, 0.3) is 0 Å². The standard InChI is InChI=1S/C15H19FO2/c16-13-4-1-3-11(9-13)14(17)12-5-8-18-15(10-12)6-2-7-15/h1,3-4,9,12,14,17H,2,5-8,10H2. The third kappa shape index (κ3) is 2.17. The van der Waals surface area contributed by atoms with Gasteiger partial charge in [-0.1, -0.05) is 12.1 Å². The largest absolute Gasteiger partial charge is 0.388 e. The third-order valence-electron chi connectivity index (χ3n) is 4.43. The maximum absolute atomic E-state index is 13.2. The average Bonchev–Trinajstić information content (AvgIpc) is 2.36. The molecule has 2 aliphatic rings. The van der Waals surface area contributed by atoms with Crippen LogP contribution in [-0.4, -0.2) is 17.3 Å². The number of ether oxygens (including phenoxy) is 1. The van der Waals surface area contributed by atoms with Crippen molar-refractivity contribution in [2.75, 3.05) is 6.61 Å². The molecule has 1 aliphatic carbocycles. The monoisotopic (exact) mass is 250 g/mol. The van der Waals surface area contributed by atoms with Crippen LogP contribution in [0.1, 0.15) is 43.8 Å². The number of hydrogen-bond acceptors (Lipinski definition) is 2. The fourth-order valence-corrected chi connectivity index (χ4v) is 3.22. The van der Waals surface area contributed by atoms with Gasteiger partial charge < -0.3 is 9.84 Å². The minimum absolute atomic E-state index is 0.0250. The summed E-state index contributed by atoms with van der Waals surface area (Å²) in [7, 11) is 0. The van der Waals surface area contributed by atoms with Crippen LogP contribution in [0.3, 0.4) is 0 Å². The second-order valence-electron chi connectivity index (χ2n) is 5.64. The molecule has 1 aliphatic heterocycles. The van der Waals surface area contributed by atoms with Crippen molar-refractivity contribution in [3.8, 4) is 0 Å². The van der Waals surface area contributed by atoms with Gasteiger partial charge in [0.2, 0.25) is 0 Å². The number of hydrogen-bond donors (Lipinski definition) is 1. The minimum Gasteiger partial charge on any atom is -0.388 e. The van der Waals surface area contributed by atoms with Gasteiger partial charge in [-0.05, 0) is 55.7 Å². The molecule has 2 unspecified atom stereocenters. The van der Waals surface area contributed by atoms with E-state index in [0.29, 0.717) is 5.56 Å². The Morgan fingerprint density at radius 2 is 2.22 bits per heavy atom. The quantitative estimate of drug-likeness (QED) is 0.873. The summed E-state index contributed by atoms with van der Waals surface area (Å²) in [6.45, 7) is 0.719. The van der Waals surface area contributed by atoms with Crippen molar-refractivity contribution in [1.29, 1.82) is 0 Å². The Labute approximate surface area is 107 Å². The van der Waals surface area contributed by atoms with E-state index in [1.807, 2.05) is 0 Å². The molecule has 1 N–H and O–H groups in total. The summed E-state index contributed by atoms with van der Waals surface area (Å²) in [5.74, 6) is -0.0854. The van der Waals surface area contributed by atoms with Crippen molar-refractivity contribution in [3.63, 3.8) is 0 Å². The Bertz CT molecular complexity index is 428. The number of halogens is 1. The molecule has 3 rings (SSSR count). The second-order valence-corrected chi connectivity index (χ2v) is 5.64. The highest BCUT2D eigenvalue weighted by molar-refractivity contribution is 5.20. The van der Waals surface area contributed by atoms with Gasteiger partial charge in [-0.2, -0.15) is 0 Å². The number of rotatable bonds is 2.